The molecule has 0 unspecified atom stereocenters. The smallest absolute Gasteiger partial charge is 0.173 e. The second-order valence-electron chi connectivity index (χ2n) is 8.32. The quantitative estimate of drug-likeness (QED) is 0.798. The van der Waals surface area contributed by atoms with E-state index in [1.807, 2.05) is 12.1 Å². The average Bonchev–Trinajstić information content (AvgIpc) is 3.25. The van der Waals surface area contributed by atoms with E-state index in [4.69, 9.17) is 4.74 Å². The molecule has 6 heteroatoms. The molecule has 2 fully saturated rings. The lowest BCUT2D eigenvalue weighted by Gasteiger charge is -2.37. The first-order valence-electron chi connectivity index (χ1n) is 10.8. The van der Waals surface area contributed by atoms with Gasteiger partial charge < -0.3 is 4.74 Å². The highest BCUT2D eigenvalue weighted by molar-refractivity contribution is 5.63. The van der Waals surface area contributed by atoms with Crippen molar-refractivity contribution in [3.05, 3.63) is 41.2 Å². The molecule has 0 radical (unpaired) electrons. The van der Waals surface area contributed by atoms with Crippen LogP contribution in [0, 0.1) is 0 Å². The molecule has 1 atom stereocenters. The zero-order valence-electron chi connectivity index (χ0n) is 16.5. The van der Waals surface area contributed by atoms with E-state index >= 15 is 0 Å². The molecule has 2 aliphatic heterocycles. The minimum Gasteiger partial charge on any atom is -0.489 e. The van der Waals surface area contributed by atoms with Gasteiger partial charge in [-0.2, -0.15) is 0 Å². The Balaban J connectivity index is 1.53. The summed E-state index contributed by atoms with van der Waals surface area (Å²) >= 11 is 0. The van der Waals surface area contributed by atoms with Crippen molar-refractivity contribution in [1.82, 2.24) is 25.1 Å². The SMILES string of the molecule is C1=C([C@@H](c2nnnn2C2CCCCC2)N2CCCCC2)COc2ccccc21. The highest BCUT2D eigenvalue weighted by Crippen LogP contribution is 2.38. The number of para-hydroxylation sites is 1. The number of benzene rings is 1. The van der Waals surface area contributed by atoms with E-state index in [1.54, 1.807) is 0 Å². The van der Waals surface area contributed by atoms with Crippen LogP contribution in [0.1, 0.15) is 74.8 Å². The van der Waals surface area contributed by atoms with E-state index in [9.17, 15) is 0 Å². The van der Waals surface area contributed by atoms with Gasteiger partial charge >= 0.3 is 0 Å². The fourth-order valence-electron chi connectivity index (χ4n) is 5.00. The van der Waals surface area contributed by atoms with Crippen LogP contribution in [0.25, 0.3) is 6.08 Å². The number of fused-ring (bicyclic) bond motifs is 1. The predicted octanol–water partition coefficient (Wildman–Crippen LogP) is 4.18. The number of nitrogens with zero attached hydrogens (tertiary/aromatic N) is 5. The maximum atomic E-state index is 6.12. The average molecular weight is 380 g/mol. The van der Waals surface area contributed by atoms with E-state index < -0.39 is 0 Å². The molecule has 0 bridgehead atoms. The van der Waals surface area contributed by atoms with Crippen molar-refractivity contribution in [2.75, 3.05) is 19.7 Å². The van der Waals surface area contributed by atoms with Gasteiger partial charge in [-0.05, 0) is 66.9 Å². The van der Waals surface area contributed by atoms with Crippen LogP contribution >= 0.6 is 0 Å². The van der Waals surface area contributed by atoms with Gasteiger partial charge in [0.2, 0.25) is 0 Å². The Morgan fingerprint density at radius 2 is 1.75 bits per heavy atom. The highest BCUT2D eigenvalue weighted by atomic mass is 16.5. The Morgan fingerprint density at radius 1 is 0.964 bits per heavy atom. The molecule has 28 heavy (non-hydrogen) atoms. The summed E-state index contributed by atoms with van der Waals surface area (Å²) in [5.41, 5.74) is 2.43. The number of tetrazole rings is 1. The maximum Gasteiger partial charge on any atom is 0.173 e. The summed E-state index contributed by atoms with van der Waals surface area (Å²) in [6.07, 6.45) is 12.4. The van der Waals surface area contributed by atoms with Gasteiger partial charge in [0, 0.05) is 5.56 Å². The third-order valence-electron chi connectivity index (χ3n) is 6.44. The van der Waals surface area contributed by atoms with Crippen LogP contribution in [-0.4, -0.2) is 44.8 Å². The first kappa shape index (κ1) is 17.9. The van der Waals surface area contributed by atoms with Gasteiger partial charge in [-0.1, -0.05) is 43.9 Å². The lowest BCUT2D eigenvalue weighted by molar-refractivity contribution is 0.160. The van der Waals surface area contributed by atoms with E-state index in [0.29, 0.717) is 12.6 Å². The largest absolute Gasteiger partial charge is 0.489 e. The van der Waals surface area contributed by atoms with Gasteiger partial charge in [-0.15, -0.1) is 5.10 Å². The normalized spacial score (nSPS) is 22.2. The molecule has 1 saturated carbocycles. The Kier molecular flexibility index (Phi) is 5.12. The zero-order chi connectivity index (χ0) is 18.8. The number of likely N-dealkylation sites (tertiary alicyclic amines) is 1. The van der Waals surface area contributed by atoms with E-state index in [-0.39, 0.29) is 6.04 Å². The lowest BCUT2D eigenvalue weighted by Crippen LogP contribution is -2.38. The molecule has 1 aliphatic carbocycles. The monoisotopic (exact) mass is 379 g/mol. The van der Waals surface area contributed by atoms with Gasteiger partial charge in [0.15, 0.2) is 5.82 Å². The van der Waals surface area contributed by atoms with Gasteiger partial charge in [-0.25, -0.2) is 4.68 Å². The van der Waals surface area contributed by atoms with Crippen molar-refractivity contribution in [3.8, 4) is 5.75 Å². The van der Waals surface area contributed by atoms with Crippen LogP contribution in [-0.2, 0) is 0 Å². The van der Waals surface area contributed by atoms with E-state index in [2.05, 4.69) is 43.3 Å². The van der Waals surface area contributed by atoms with Crippen molar-refractivity contribution in [2.45, 2.75) is 63.5 Å². The summed E-state index contributed by atoms with van der Waals surface area (Å²) in [4.78, 5) is 2.57. The summed E-state index contributed by atoms with van der Waals surface area (Å²) < 4.78 is 8.26. The Hall–Kier alpha value is -2.21. The maximum absolute atomic E-state index is 6.12. The molecule has 2 aromatic rings. The van der Waals surface area contributed by atoms with Crippen molar-refractivity contribution >= 4 is 6.08 Å². The van der Waals surface area contributed by atoms with Crippen molar-refractivity contribution < 1.29 is 4.74 Å². The van der Waals surface area contributed by atoms with Gasteiger partial charge in [-0.3, -0.25) is 4.90 Å². The number of hydrogen-bond donors (Lipinski definition) is 0. The van der Waals surface area contributed by atoms with Crippen molar-refractivity contribution in [3.63, 3.8) is 0 Å². The topological polar surface area (TPSA) is 56.1 Å². The van der Waals surface area contributed by atoms with Crippen LogP contribution in [0.15, 0.2) is 29.8 Å². The zero-order valence-corrected chi connectivity index (χ0v) is 16.5. The molecule has 5 rings (SSSR count). The molecule has 3 aliphatic rings. The third-order valence-corrected chi connectivity index (χ3v) is 6.44. The summed E-state index contributed by atoms with van der Waals surface area (Å²) in [7, 11) is 0. The van der Waals surface area contributed by atoms with Crippen LogP contribution in [0.3, 0.4) is 0 Å². The number of hydrogen-bond acceptors (Lipinski definition) is 5. The van der Waals surface area contributed by atoms with E-state index in [1.165, 1.54) is 56.9 Å². The lowest BCUT2D eigenvalue weighted by atomic mass is 9.94. The van der Waals surface area contributed by atoms with Gasteiger partial charge in [0.1, 0.15) is 12.4 Å². The molecule has 1 aromatic heterocycles. The molecule has 148 valence electrons. The van der Waals surface area contributed by atoms with Gasteiger partial charge in [0.05, 0.1) is 12.1 Å². The molecule has 1 saturated heterocycles. The van der Waals surface area contributed by atoms with Crippen LogP contribution < -0.4 is 4.74 Å². The molecule has 1 aromatic carbocycles. The standard InChI is InChI=1S/C22H29N5O/c1-3-10-19(11-4-1)27-22(23-24-25-27)21(26-13-7-2-8-14-26)18-15-17-9-5-6-12-20(17)28-16-18/h5-6,9,12,15,19,21H,1-4,7-8,10-11,13-14,16H2/t21-/m0/s1. The number of rotatable bonds is 4. The van der Waals surface area contributed by atoms with Gasteiger partial charge in [0.25, 0.3) is 0 Å². The molecular weight excluding hydrogens is 350 g/mol. The summed E-state index contributed by atoms with van der Waals surface area (Å²) in [5.74, 6) is 1.97. The predicted molar refractivity (Wildman–Crippen MR) is 108 cm³/mol. The number of ether oxygens (including phenoxy) is 1. The first-order valence-corrected chi connectivity index (χ1v) is 10.8. The second kappa shape index (κ2) is 8.03. The summed E-state index contributed by atoms with van der Waals surface area (Å²) in [5, 5.41) is 13.1. The van der Waals surface area contributed by atoms with Crippen LogP contribution in [0.2, 0.25) is 0 Å². The molecular formula is C22H29N5O. The minimum absolute atomic E-state index is 0.102. The number of aromatic nitrogens is 4. The summed E-state index contributed by atoms with van der Waals surface area (Å²) in [6.45, 7) is 2.80. The molecule has 0 spiro atoms. The Labute approximate surface area is 166 Å². The van der Waals surface area contributed by atoms with Crippen molar-refractivity contribution in [2.24, 2.45) is 0 Å². The minimum atomic E-state index is 0.102. The molecule has 0 N–H and O–H groups in total. The van der Waals surface area contributed by atoms with Crippen LogP contribution in [0.5, 0.6) is 5.75 Å². The first-order chi connectivity index (χ1) is 13.9. The Bertz CT molecular complexity index is 833. The molecule has 6 nitrogen and oxygen atoms in total. The fourth-order valence-corrected chi connectivity index (χ4v) is 5.00. The Morgan fingerprint density at radius 3 is 2.61 bits per heavy atom. The summed E-state index contributed by atoms with van der Waals surface area (Å²) in [6, 6.07) is 8.82. The number of piperidine rings is 1. The molecule has 3 heterocycles. The van der Waals surface area contributed by atoms with Crippen LogP contribution in [0.4, 0.5) is 0 Å². The fraction of sp³-hybridized carbons (Fsp3) is 0.591. The van der Waals surface area contributed by atoms with E-state index in [0.717, 1.165) is 30.2 Å². The van der Waals surface area contributed by atoms with Crippen molar-refractivity contribution in [1.29, 1.82) is 0 Å². The highest BCUT2D eigenvalue weighted by Gasteiger charge is 2.34. The third kappa shape index (κ3) is 3.46. The molecule has 0 amide bonds. The second-order valence-corrected chi connectivity index (χ2v) is 8.32.